The maximum Gasteiger partial charge on any atom is 0.272 e. The third-order valence-corrected chi connectivity index (χ3v) is 4.54. The number of anilines is 1. The molecule has 27 heavy (non-hydrogen) atoms. The van der Waals surface area contributed by atoms with E-state index in [-0.39, 0.29) is 30.3 Å². The van der Waals surface area contributed by atoms with E-state index in [2.05, 4.69) is 21.0 Å². The van der Waals surface area contributed by atoms with Gasteiger partial charge in [-0.2, -0.15) is 5.10 Å². The largest absolute Gasteiger partial charge is 0.344 e. The smallest absolute Gasteiger partial charge is 0.272 e. The van der Waals surface area contributed by atoms with Crippen molar-refractivity contribution < 1.29 is 9.59 Å². The molecular weight excluding hydrogens is 366 g/mol. The molecule has 146 valence electrons. The summed E-state index contributed by atoms with van der Waals surface area (Å²) >= 11 is 0. The van der Waals surface area contributed by atoms with Crippen molar-refractivity contribution in [1.82, 2.24) is 20.4 Å². The number of hydrogen-bond donors (Lipinski definition) is 3. The van der Waals surface area contributed by atoms with Gasteiger partial charge in [-0.05, 0) is 50.1 Å². The maximum atomic E-state index is 12.5. The number of amides is 2. The standard InChI is InChI=1S/C19H25N5O2.ClH/c1-13(15-5-3-6-16(11-15)22-14(2)25)21-19(26)18-8-10-24(23-18)17-7-4-9-20-12-17;/h3,5-6,8,10-11,13,17,20H,4,7,9,12H2,1-2H3,(H,21,26)(H,22,25);1H. The first-order valence-corrected chi connectivity index (χ1v) is 8.97. The zero-order chi connectivity index (χ0) is 18.5. The van der Waals surface area contributed by atoms with Gasteiger partial charge in [0, 0.05) is 25.4 Å². The minimum absolute atomic E-state index is 0. The predicted octanol–water partition coefficient (Wildman–Crippen LogP) is 2.68. The van der Waals surface area contributed by atoms with Gasteiger partial charge < -0.3 is 16.0 Å². The quantitative estimate of drug-likeness (QED) is 0.731. The van der Waals surface area contributed by atoms with Crippen LogP contribution in [0.1, 0.15) is 54.8 Å². The molecule has 1 fully saturated rings. The third kappa shape index (κ3) is 5.55. The SMILES string of the molecule is CC(=O)Nc1cccc(C(C)NC(=O)c2ccn(C3CCCNC3)n2)c1.Cl. The van der Waals surface area contributed by atoms with Gasteiger partial charge >= 0.3 is 0 Å². The van der Waals surface area contributed by atoms with E-state index in [9.17, 15) is 9.59 Å². The Morgan fingerprint density at radius 3 is 2.85 bits per heavy atom. The Labute approximate surface area is 165 Å². The molecule has 3 rings (SSSR count). The first-order valence-electron chi connectivity index (χ1n) is 8.97. The Balaban J connectivity index is 0.00000261. The van der Waals surface area contributed by atoms with Crippen LogP contribution in [0.25, 0.3) is 0 Å². The number of piperidine rings is 1. The molecule has 0 radical (unpaired) electrons. The Bertz CT molecular complexity index is 786. The van der Waals surface area contributed by atoms with Crippen molar-refractivity contribution in [3.05, 3.63) is 47.8 Å². The number of carbonyl (C=O) groups is 2. The lowest BCUT2D eigenvalue weighted by Crippen LogP contribution is -2.32. The first kappa shape index (κ1) is 20.9. The van der Waals surface area contributed by atoms with Gasteiger partial charge in [0.05, 0.1) is 12.1 Å². The number of benzene rings is 1. The van der Waals surface area contributed by atoms with Gasteiger partial charge in [-0.15, -0.1) is 12.4 Å². The van der Waals surface area contributed by atoms with E-state index in [0.29, 0.717) is 17.4 Å². The van der Waals surface area contributed by atoms with E-state index < -0.39 is 0 Å². The molecule has 3 N–H and O–H groups in total. The molecule has 2 amide bonds. The summed E-state index contributed by atoms with van der Waals surface area (Å²) in [6.07, 6.45) is 4.06. The van der Waals surface area contributed by atoms with Crippen molar-refractivity contribution in [2.75, 3.05) is 18.4 Å². The van der Waals surface area contributed by atoms with Gasteiger partial charge in [-0.3, -0.25) is 14.3 Å². The second-order valence-corrected chi connectivity index (χ2v) is 6.68. The molecule has 2 heterocycles. The van der Waals surface area contributed by atoms with Crippen molar-refractivity contribution in [2.24, 2.45) is 0 Å². The van der Waals surface area contributed by atoms with Crippen LogP contribution >= 0.6 is 12.4 Å². The molecule has 0 spiro atoms. The molecule has 8 heteroatoms. The number of nitrogens with zero attached hydrogens (tertiary/aromatic N) is 2. The molecule has 1 aromatic carbocycles. The molecule has 1 aliphatic heterocycles. The normalized spacial score (nSPS) is 17.5. The number of nitrogens with one attached hydrogen (secondary N) is 3. The molecule has 1 aromatic heterocycles. The van der Waals surface area contributed by atoms with E-state index in [1.807, 2.05) is 42.1 Å². The molecule has 1 saturated heterocycles. The lowest BCUT2D eigenvalue weighted by Gasteiger charge is -2.22. The van der Waals surface area contributed by atoms with Gasteiger partial charge in [0.15, 0.2) is 0 Å². The third-order valence-electron chi connectivity index (χ3n) is 4.54. The van der Waals surface area contributed by atoms with E-state index >= 15 is 0 Å². The van der Waals surface area contributed by atoms with E-state index in [1.54, 1.807) is 6.07 Å². The highest BCUT2D eigenvalue weighted by molar-refractivity contribution is 5.92. The Kier molecular flexibility index (Phi) is 7.38. The second kappa shape index (κ2) is 9.53. The van der Waals surface area contributed by atoms with Crippen LogP contribution in [0.15, 0.2) is 36.5 Å². The predicted molar refractivity (Wildman–Crippen MR) is 107 cm³/mol. The molecule has 0 saturated carbocycles. The van der Waals surface area contributed by atoms with Crippen LogP contribution in [-0.4, -0.2) is 34.7 Å². The van der Waals surface area contributed by atoms with Crippen LogP contribution in [0.5, 0.6) is 0 Å². The fraction of sp³-hybridized carbons (Fsp3) is 0.421. The van der Waals surface area contributed by atoms with Gasteiger partial charge in [0.25, 0.3) is 5.91 Å². The van der Waals surface area contributed by atoms with Crippen molar-refractivity contribution in [2.45, 2.75) is 38.8 Å². The van der Waals surface area contributed by atoms with Gasteiger partial charge in [0.1, 0.15) is 5.69 Å². The summed E-state index contributed by atoms with van der Waals surface area (Å²) in [7, 11) is 0. The number of carbonyl (C=O) groups excluding carboxylic acids is 2. The van der Waals surface area contributed by atoms with E-state index in [1.165, 1.54) is 6.92 Å². The van der Waals surface area contributed by atoms with E-state index in [0.717, 1.165) is 31.5 Å². The molecule has 2 unspecified atom stereocenters. The zero-order valence-electron chi connectivity index (χ0n) is 15.6. The summed E-state index contributed by atoms with van der Waals surface area (Å²) in [5.41, 5.74) is 2.05. The van der Waals surface area contributed by atoms with Crippen LogP contribution in [0, 0.1) is 0 Å². The van der Waals surface area contributed by atoms with Crippen molar-refractivity contribution in [1.29, 1.82) is 0 Å². The van der Waals surface area contributed by atoms with Crippen LogP contribution in [0.4, 0.5) is 5.69 Å². The Morgan fingerprint density at radius 2 is 2.15 bits per heavy atom. The van der Waals surface area contributed by atoms with Crippen molar-refractivity contribution >= 4 is 29.9 Å². The minimum atomic E-state index is -0.204. The monoisotopic (exact) mass is 391 g/mol. The zero-order valence-corrected chi connectivity index (χ0v) is 16.4. The summed E-state index contributed by atoms with van der Waals surface area (Å²) in [5, 5.41) is 13.5. The molecule has 2 atom stereocenters. The van der Waals surface area contributed by atoms with Gasteiger partial charge in [-0.1, -0.05) is 12.1 Å². The number of hydrogen-bond acceptors (Lipinski definition) is 4. The molecule has 0 aliphatic carbocycles. The molecule has 1 aliphatic rings. The highest BCUT2D eigenvalue weighted by atomic mass is 35.5. The van der Waals surface area contributed by atoms with Crippen LogP contribution in [0.2, 0.25) is 0 Å². The summed E-state index contributed by atoms with van der Waals surface area (Å²) in [4.78, 5) is 23.7. The highest BCUT2D eigenvalue weighted by Gasteiger charge is 2.19. The lowest BCUT2D eigenvalue weighted by atomic mass is 10.1. The summed E-state index contributed by atoms with van der Waals surface area (Å²) < 4.78 is 1.88. The second-order valence-electron chi connectivity index (χ2n) is 6.68. The lowest BCUT2D eigenvalue weighted by molar-refractivity contribution is -0.114. The summed E-state index contributed by atoms with van der Waals surface area (Å²) in [5.74, 6) is -0.327. The fourth-order valence-corrected chi connectivity index (χ4v) is 3.16. The highest BCUT2D eigenvalue weighted by Crippen LogP contribution is 2.19. The van der Waals surface area contributed by atoms with Crippen molar-refractivity contribution in [3.63, 3.8) is 0 Å². The molecular formula is C19H26ClN5O2. The number of aromatic nitrogens is 2. The molecule has 7 nitrogen and oxygen atoms in total. The number of halogens is 1. The van der Waals surface area contributed by atoms with Crippen LogP contribution in [-0.2, 0) is 4.79 Å². The topological polar surface area (TPSA) is 88.0 Å². The average Bonchev–Trinajstić information content (AvgIpc) is 3.12. The van der Waals surface area contributed by atoms with Crippen LogP contribution < -0.4 is 16.0 Å². The average molecular weight is 392 g/mol. The Morgan fingerprint density at radius 1 is 1.33 bits per heavy atom. The molecule has 2 aromatic rings. The first-order chi connectivity index (χ1) is 12.5. The van der Waals surface area contributed by atoms with Crippen molar-refractivity contribution in [3.8, 4) is 0 Å². The Hall–Kier alpha value is -2.38. The summed E-state index contributed by atoms with van der Waals surface area (Å²) in [6.45, 7) is 5.30. The minimum Gasteiger partial charge on any atom is -0.344 e. The van der Waals surface area contributed by atoms with Crippen LogP contribution in [0.3, 0.4) is 0 Å². The van der Waals surface area contributed by atoms with Gasteiger partial charge in [-0.25, -0.2) is 0 Å². The summed E-state index contributed by atoms with van der Waals surface area (Å²) in [6, 6.07) is 9.31. The van der Waals surface area contributed by atoms with E-state index in [4.69, 9.17) is 0 Å². The fourth-order valence-electron chi connectivity index (χ4n) is 3.16. The molecule has 0 bridgehead atoms. The maximum absolute atomic E-state index is 12.5. The van der Waals surface area contributed by atoms with Gasteiger partial charge in [0.2, 0.25) is 5.91 Å². The number of rotatable bonds is 5.